The number of benzene rings is 1. The number of nitrogens with zero attached hydrogens (tertiary/aromatic N) is 1. The Balaban J connectivity index is 2.15. The molecular weight excluding hydrogens is 244 g/mol. The van der Waals surface area contributed by atoms with Gasteiger partial charge in [-0.2, -0.15) is 0 Å². The third-order valence-corrected chi connectivity index (χ3v) is 4.44. The van der Waals surface area contributed by atoms with Gasteiger partial charge in [0.1, 0.15) is 0 Å². The quantitative estimate of drug-likeness (QED) is 0.863. The van der Waals surface area contributed by atoms with E-state index in [1.807, 2.05) is 0 Å². The smallest absolute Gasteiger partial charge is 0.0411 e. The molecule has 2 heteroatoms. The molecule has 2 nitrogen and oxygen atoms in total. The zero-order valence-corrected chi connectivity index (χ0v) is 13.6. The van der Waals surface area contributed by atoms with Gasteiger partial charge in [0.25, 0.3) is 0 Å². The lowest BCUT2D eigenvalue weighted by atomic mass is 9.93. The Morgan fingerprint density at radius 3 is 2.55 bits per heavy atom. The first-order chi connectivity index (χ1) is 9.58. The summed E-state index contributed by atoms with van der Waals surface area (Å²) in [5.74, 6) is 0. The Kier molecular flexibility index (Phi) is 5.47. The second-order valence-electron chi connectivity index (χ2n) is 6.57. The van der Waals surface area contributed by atoms with Gasteiger partial charge in [-0.25, -0.2) is 0 Å². The van der Waals surface area contributed by atoms with Gasteiger partial charge in [0.05, 0.1) is 0 Å². The van der Waals surface area contributed by atoms with Gasteiger partial charge in [-0.3, -0.25) is 0 Å². The topological polar surface area (TPSA) is 15.3 Å². The van der Waals surface area contributed by atoms with E-state index in [0.29, 0.717) is 6.04 Å². The van der Waals surface area contributed by atoms with Crippen molar-refractivity contribution in [3.63, 3.8) is 0 Å². The summed E-state index contributed by atoms with van der Waals surface area (Å²) in [5, 5.41) is 3.56. The van der Waals surface area contributed by atoms with Crippen LogP contribution in [-0.2, 0) is 6.54 Å². The van der Waals surface area contributed by atoms with Gasteiger partial charge in [0.15, 0.2) is 0 Å². The standard InChI is InChI=1S/C18H30N2/c1-14(2)19-13-16-12-15(3)10-11-18(16)20(4)17-8-6-5-7-9-17/h10-12,14,17,19H,5-9,13H2,1-4H3. The van der Waals surface area contributed by atoms with E-state index in [1.54, 1.807) is 0 Å². The van der Waals surface area contributed by atoms with Crippen LogP contribution < -0.4 is 10.2 Å². The molecule has 0 aliphatic heterocycles. The summed E-state index contributed by atoms with van der Waals surface area (Å²) >= 11 is 0. The molecule has 0 radical (unpaired) electrons. The van der Waals surface area contributed by atoms with Crippen LogP contribution in [0.1, 0.15) is 57.1 Å². The summed E-state index contributed by atoms with van der Waals surface area (Å²) in [5.41, 5.74) is 4.20. The molecule has 0 amide bonds. The van der Waals surface area contributed by atoms with Crippen LogP contribution in [0.5, 0.6) is 0 Å². The van der Waals surface area contributed by atoms with Crippen molar-refractivity contribution in [2.75, 3.05) is 11.9 Å². The van der Waals surface area contributed by atoms with E-state index in [-0.39, 0.29) is 0 Å². The Labute approximate surface area is 124 Å². The minimum absolute atomic E-state index is 0.531. The maximum atomic E-state index is 3.56. The molecule has 1 N–H and O–H groups in total. The van der Waals surface area contributed by atoms with Crippen LogP contribution in [0.4, 0.5) is 5.69 Å². The maximum Gasteiger partial charge on any atom is 0.0411 e. The highest BCUT2D eigenvalue weighted by Gasteiger charge is 2.20. The molecule has 1 aromatic rings. The molecule has 20 heavy (non-hydrogen) atoms. The molecular formula is C18H30N2. The molecule has 0 bridgehead atoms. The van der Waals surface area contributed by atoms with E-state index in [0.717, 1.165) is 12.6 Å². The van der Waals surface area contributed by atoms with Crippen LogP contribution in [0.15, 0.2) is 18.2 Å². The molecule has 1 aliphatic rings. The molecule has 112 valence electrons. The molecule has 1 aromatic carbocycles. The highest BCUT2D eigenvalue weighted by Crippen LogP contribution is 2.29. The minimum atomic E-state index is 0.531. The fourth-order valence-electron chi connectivity index (χ4n) is 3.18. The SMILES string of the molecule is Cc1ccc(N(C)C2CCCCC2)c(CNC(C)C)c1. The van der Waals surface area contributed by atoms with Gasteiger partial charge in [0, 0.05) is 31.4 Å². The Bertz CT molecular complexity index is 419. The maximum absolute atomic E-state index is 3.56. The fraction of sp³-hybridized carbons (Fsp3) is 0.667. The molecule has 0 unspecified atom stereocenters. The first-order valence-corrected chi connectivity index (χ1v) is 8.13. The van der Waals surface area contributed by atoms with Gasteiger partial charge in [0.2, 0.25) is 0 Å². The molecule has 0 atom stereocenters. The molecule has 1 fully saturated rings. The number of anilines is 1. The summed E-state index contributed by atoms with van der Waals surface area (Å²) in [6.07, 6.45) is 6.89. The average molecular weight is 274 g/mol. The number of aryl methyl sites for hydroxylation is 1. The predicted molar refractivity (Wildman–Crippen MR) is 88.4 cm³/mol. The zero-order chi connectivity index (χ0) is 14.5. The minimum Gasteiger partial charge on any atom is -0.371 e. The van der Waals surface area contributed by atoms with Crippen molar-refractivity contribution in [1.29, 1.82) is 0 Å². The van der Waals surface area contributed by atoms with E-state index in [4.69, 9.17) is 0 Å². The van der Waals surface area contributed by atoms with Crippen molar-refractivity contribution >= 4 is 5.69 Å². The fourth-order valence-corrected chi connectivity index (χ4v) is 3.18. The lowest BCUT2D eigenvalue weighted by molar-refractivity contribution is 0.427. The van der Waals surface area contributed by atoms with Crippen molar-refractivity contribution in [1.82, 2.24) is 5.32 Å². The van der Waals surface area contributed by atoms with Crippen molar-refractivity contribution in [3.05, 3.63) is 29.3 Å². The average Bonchev–Trinajstić information content (AvgIpc) is 2.45. The molecule has 1 aliphatic carbocycles. The zero-order valence-electron chi connectivity index (χ0n) is 13.6. The second-order valence-corrected chi connectivity index (χ2v) is 6.57. The third kappa shape index (κ3) is 3.99. The Hall–Kier alpha value is -1.02. The second kappa shape index (κ2) is 7.12. The molecule has 0 spiro atoms. The highest BCUT2D eigenvalue weighted by atomic mass is 15.1. The molecule has 0 saturated heterocycles. The summed E-state index contributed by atoms with van der Waals surface area (Å²) in [7, 11) is 2.28. The molecule has 0 aromatic heterocycles. The van der Waals surface area contributed by atoms with Crippen LogP contribution in [0.25, 0.3) is 0 Å². The first-order valence-electron chi connectivity index (χ1n) is 8.13. The Morgan fingerprint density at radius 2 is 1.90 bits per heavy atom. The largest absolute Gasteiger partial charge is 0.371 e. The first kappa shape index (κ1) is 15.4. The summed E-state index contributed by atoms with van der Waals surface area (Å²) < 4.78 is 0. The van der Waals surface area contributed by atoms with E-state index >= 15 is 0 Å². The molecule has 2 rings (SSSR count). The van der Waals surface area contributed by atoms with Crippen LogP contribution in [0, 0.1) is 6.92 Å². The number of rotatable bonds is 5. The lowest BCUT2D eigenvalue weighted by Crippen LogP contribution is -2.34. The van der Waals surface area contributed by atoms with Gasteiger partial charge >= 0.3 is 0 Å². The Morgan fingerprint density at radius 1 is 1.20 bits per heavy atom. The van der Waals surface area contributed by atoms with E-state index in [9.17, 15) is 0 Å². The highest BCUT2D eigenvalue weighted by molar-refractivity contribution is 5.55. The third-order valence-electron chi connectivity index (χ3n) is 4.44. The number of nitrogens with one attached hydrogen (secondary N) is 1. The normalized spacial score (nSPS) is 16.6. The van der Waals surface area contributed by atoms with Crippen LogP contribution in [0.3, 0.4) is 0 Å². The van der Waals surface area contributed by atoms with Gasteiger partial charge in [-0.05, 0) is 31.4 Å². The van der Waals surface area contributed by atoms with Crippen molar-refractivity contribution in [2.45, 2.75) is 71.5 Å². The summed E-state index contributed by atoms with van der Waals surface area (Å²) in [4.78, 5) is 2.52. The van der Waals surface area contributed by atoms with E-state index in [1.165, 1.54) is 48.9 Å². The van der Waals surface area contributed by atoms with Gasteiger partial charge in [-0.15, -0.1) is 0 Å². The predicted octanol–water partition coefficient (Wildman–Crippen LogP) is 4.26. The van der Waals surface area contributed by atoms with Gasteiger partial charge in [-0.1, -0.05) is 50.8 Å². The lowest BCUT2D eigenvalue weighted by Gasteiger charge is -2.34. The number of hydrogen-bond acceptors (Lipinski definition) is 2. The molecule has 0 heterocycles. The van der Waals surface area contributed by atoms with Gasteiger partial charge < -0.3 is 10.2 Å². The number of hydrogen-bond donors (Lipinski definition) is 1. The van der Waals surface area contributed by atoms with E-state index in [2.05, 4.69) is 56.2 Å². The van der Waals surface area contributed by atoms with Crippen LogP contribution >= 0.6 is 0 Å². The van der Waals surface area contributed by atoms with Crippen LogP contribution in [-0.4, -0.2) is 19.1 Å². The monoisotopic (exact) mass is 274 g/mol. The van der Waals surface area contributed by atoms with Crippen molar-refractivity contribution in [2.24, 2.45) is 0 Å². The van der Waals surface area contributed by atoms with Crippen LogP contribution in [0.2, 0.25) is 0 Å². The van der Waals surface area contributed by atoms with Crippen molar-refractivity contribution < 1.29 is 0 Å². The molecule has 1 saturated carbocycles. The van der Waals surface area contributed by atoms with E-state index < -0.39 is 0 Å². The summed E-state index contributed by atoms with van der Waals surface area (Å²) in [6, 6.07) is 8.14. The summed E-state index contributed by atoms with van der Waals surface area (Å²) in [6.45, 7) is 7.57. The van der Waals surface area contributed by atoms with Crippen molar-refractivity contribution in [3.8, 4) is 0 Å².